The predicted molar refractivity (Wildman–Crippen MR) is 237 cm³/mol. The zero-order valence-electron chi connectivity index (χ0n) is 36.2. The van der Waals surface area contributed by atoms with Crippen LogP contribution in [0.1, 0.15) is 73.0 Å². The molecule has 5 aliphatic rings. The molecule has 0 aliphatic carbocycles. The van der Waals surface area contributed by atoms with Crippen LogP contribution in [0.4, 0.5) is 36.5 Å². The fourth-order valence-electron chi connectivity index (χ4n) is 10.4. The maximum Gasteiger partial charge on any atom is 0.328 e. The monoisotopic (exact) mass is 874 g/mol. The number of fused-ring (bicyclic) bond motifs is 3. The number of amides is 5. The molecule has 8 heterocycles. The molecule has 5 aromatic rings. The molecule has 0 atom stereocenters. The number of anilines is 4. The van der Waals surface area contributed by atoms with E-state index in [1.807, 2.05) is 57.8 Å². The Bertz CT molecular complexity index is 2660. The van der Waals surface area contributed by atoms with Gasteiger partial charge >= 0.3 is 6.03 Å². The van der Waals surface area contributed by atoms with Crippen molar-refractivity contribution in [2.24, 2.45) is 0 Å². The number of pyridine rings is 1. The van der Waals surface area contributed by atoms with Gasteiger partial charge in [0.1, 0.15) is 6.54 Å². The van der Waals surface area contributed by atoms with Gasteiger partial charge in [-0.2, -0.15) is 5.10 Å². The molecule has 3 aromatic heterocycles. The van der Waals surface area contributed by atoms with Crippen LogP contribution in [0.2, 0.25) is 0 Å². The van der Waals surface area contributed by atoms with Crippen molar-refractivity contribution < 1.29 is 32.7 Å². The van der Waals surface area contributed by atoms with Gasteiger partial charge in [-0.1, -0.05) is 6.07 Å². The van der Waals surface area contributed by atoms with Gasteiger partial charge in [-0.15, -0.1) is 0 Å². The number of rotatable bonds is 8. The highest BCUT2D eigenvalue weighted by atomic mass is 19.3. The van der Waals surface area contributed by atoms with Crippen LogP contribution in [0, 0.1) is 6.92 Å². The van der Waals surface area contributed by atoms with Crippen LogP contribution < -0.4 is 20.0 Å². The zero-order chi connectivity index (χ0) is 44.2. The Morgan fingerprint density at radius 3 is 2.45 bits per heavy atom. The minimum absolute atomic E-state index is 0.00254. The third kappa shape index (κ3) is 7.52. The Labute approximate surface area is 369 Å². The molecule has 17 heteroatoms. The second kappa shape index (κ2) is 17.0. The molecule has 1 N–H and O–H groups in total. The highest BCUT2D eigenvalue weighted by molar-refractivity contribution is 6.06. The minimum Gasteiger partial charge on any atom is -0.381 e. The van der Waals surface area contributed by atoms with Gasteiger partial charge < -0.3 is 28.9 Å². The number of benzene rings is 2. The van der Waals surface area contributed by atoms with E-state index in [0.717, 1.165) is 64.4 Å². The number of alkyl halides is 2. The SMILES string of the molecule is CC(=O)N1CCc2c(c(N3CCCc4cc(-c5cn(CC(=O)N6CCN(c7cccc(N8CCC(=O)NC8=O)c7C)CC6)c6ccncc56)c(C(F)F)cc43)nn2C2CCOCC2)C1. The van der Waals surface area contributed by atoms with Gasteiger partial charge in [0.15, 0.2) is 5.82 Å². The first-order chi connectivity index (χ1) is 31.0. The van der Waals surface area contributed by atoms with Crippen molar-refractivity contribution in [3.05, 3.63) is 82.9 Å². The van der Waals surface area contributed by atoms with Gasteiger partial charge in [-0.05, 0) is 79.6 Å². The average Bonchev–Trinajstić information content (AvgIpc) is 3.87. The lowest BCUT2D eigenvalue weighted by molar-refractivity contribution is -0.132. The number of imide groups is 1. The Morgan fingerprint density at radius 1 is 0.891 bits per heavy atom. The van der Waals surface area contributed by atoms with Crippen molar-refractivity contribution in [2.75, 3.05) is 73.7 Å². The summed E-state index contributed by atoms with van der Waals surface area (Å²) < 4.78 is 40.5. The maximum atomic E-state index is 15.4. The van der Waals surface area contributed by atoms with E-state index >= 15 is 8.78 Å². The van der Waals surface area contributed by atoms with Crippen molar-refractivity contribution in [1.82, 2.24) is 34.4 Å². The van der Waals surface area contributed by atoms with Crippen molar-refractivity contribution in [1.29, 1.82) is 0 Å². The normalized spacial score (nSPS) is 18.5. The maximum absolute atomic E-state index is 15.4. The van der Waals surface area contributed by atoms with E-state index in [0.29, 0.717) is 101 Å². The Hall–Kier alpha value is -6.36. The molecule has 15 nitrogen and oxygen atoms in total. The van der Waals surface area contributed by atoms with Crippen LogP contribution in [0.3, 0.4) is 0 Å². The Kier molecular flexibility index (Phi) is 11.0. The summed E-state index contributed by atoms with van der Waals surface area (Å²) >= 11 is 0. The van der Waals surface area contributed by atoms with E-state index in [9.17, 15) is 19.2 Å². The number of urea groups is 1. The fraction of sp³-hybridized carbons (Fsp3) is 0.447. The first kappa shape index (κ1) is 41.6. The highest BCUT2D eigenvalue weighted by Crippen LogP contribution is 2.45. The summed E-state index contributed by atoms with van der Waals surface area (Å²) in [6, 6.07) is 10.9. The highest BCUT2D eigenvalue weighted by Gasteiger charge is 2.35. The Balaban J connectivity index is 0.917. The van der Waals surface area contributed by atoms with Gasteiger partial charge in [0.05, 0.1) is 23.8 Å². The van der Waals surface area contributed by atoms with E-state index in [4.69, 9.17) is 9.84 Å². The molecular weight excluding hydrogens is 823 g/mol. The molecule has 0 bridgehead atoms. The van der Waals surface area contributed by atoms with Crippen LogP contribution in [0.15, 0.2) is 55.0 Å². The van der Waals surface area contributed by atoms with Crippen molar-refractivity contribution in [2.45, 2.75) is 77.9 Å². The lowest BCUT2D eigenvalue weighted by atomic mass is 9.91. The number of aryl methyl sites for hydroxylation is 1. The third-order valence-corrected chi connectivity index (χ3v) is 13.8. The molecule has 3 saturated heterocycles. The number of carbonyl (C=O) groups is 4. The summed E-state index contributed by atoms with van der Waals surface area (Å²) in [7, 11) is 0. The number of halogens is 2. The molecular formula is C47H52F2N10O5. The Morgan fingerprint density at radius 2 is 1.69 bits per heavy atom. The number of nitrogens with zero attached hydrogens (tertiary/aromatic N) is 9. The third-order valence-electron chi connectivity index (χ3n) is 13.8. The quantitative estimate of drug-likeness (QED) is 0.191. The fourth-order valence-corrected chi connectivity index (χ4v) is 10.4. The lowest BCUT2D eigenvalue weighted by Crippen LogP contribution is -2.50. The summed E-state index contributed by atoms with van der Waals surface area (Å²) in [5, 5.41) is 8.32. The summed E-state index contributed by atoms with van der Waals surface area (Å²) in [5.41, 5.74) is 8.00. The van der Waals surface area contributed by atoms with Crippen LogP contribution in [0.25, 0.3) is 22.0 Å². The van der Waals surface area contributed by atoms with E-state index in [-0.39, 0.29) is 42.3 Å². The number of nitrogens with one attached hydrogen (secondary N) is 1. The molecule has 0 spiro atoms. The molecule has 5 aliphatic heterocycles. The number of hydrogen-bond donors (Lipinski definition) is 1. The number of ether oxygens (including phenoxy) is 1. The molecule has 5 amide bonds. The smallest absolute Gasteiger partial charge is 0.328 e. The second-order valence-corrected chi connectivity index (χ2v) is 17.5. The molecule has 0 radical (unpaired) electrons. The van der Waals surface area contributed by atoms with Gasteiger partial charge in [-0.25, -0.2) is 13.6 Å². The van der Waals surface area contributed by atoms with Crippen LogP contribution in [-0.4, -0.2) is 112 Å². The van der Waals surface area contributed by atoms with E-state index in [1.54, 1.807) is 30.3 Å². The standard InChI is InChI=1S/C47H52F2N10O5/c1-29-38(6-3-7-39(29)58-16-10-43(61)51-47(58)63)53-17-19-54(20-18-53)44(62)28-56-26-36(35-25-50-13-8-40(35)56)33-23-31-5-4-14-57(42(31)24-34(33)45(48)49)46-37-27-55(30(2)60)15-9-41(37)59(52-46)32-11-21-64-22-12-32/h3,6-8,13,23-26,32,45H,4-5,9-12,14-22,27-28H2,1-2H3,(H,51,61,63). The first-order valence-corrected chi connectivity index (χ1v) is 22.4. The molecule has 0 saturated carbocycles. The first-order valence-electron chi connectivity index (χ1n) is 22.4. The van der Waals surface area contributed by atoms with Crippen LogP contribution in [-0.2, 0) is 45.1 Å². The molecule has 10 rings (SSSR count). The molecule has 2 aromatic carbocycles. The lowest BCUT2D eigenvalue weighted by Gasteiger charge is -2.38. The number of carbonyl (C=O) groups excluding carboxylic acids is 4. The van der Waals surface area contributed by atoms with E-state index < -0.39 is 12.5 Å². The van der Waals surface area contributed by atoms with Crippen molar-refractivity contribution in [3.63, 3.8) is 0 Å². The summed E-state index contributed by atoms with van der Waals surface area (Å²) in [6.45, 7) is 8.97. The number of piperazine rings is 1. The van der Waals surface area contributed by atoms with Gasteiger partial charge in [0.25, 0.3) is 6.43 Å². The van der Waals surface area contributed by atoms with E-state index in [2.05, 4.69) is 24.8 Å². The van der Waals surface area contributed by atoms with Crippen molar-refractivity contribution in [3.8, 4) is 11.1 Å². The average molecular weight is 875 g/mol. The van der Waals surface area contributed by atoms with Gasteiger partial charge in [-0.3, -0.25) is 34.3 Å². The van der Waals surface area contributed by atoms with E-state index in [1.165, 1.54) is 0 Å². The largest absolute Gasteiger partial charge is 0.381 e. The predicted octanol–water partition coefficient (Wildman–Crippen LogP) is 6.28. The molecule has 64 heavy (non-hydrogen) atoms. The van der Waals surface area contributed by atoms with Crippen LogP contribution in [0.5, 0.6) is 0 Å². The zero-order valence-corrected chi connectivity index (χ0v) is 36.2. The number of aromatic nitrogens is 4. The number of hydrogen-bond acceptors (Lipinski definition) is 9. The molecule has 0 unspecified atom stereocenters. The second-order valence-electron chi connectivity index (χ2n) is 17.5. The summed E-state index contributed by atoms with van der Waals surface area (Å²) in [4.78, 5) is 65.0. The summed E-state index contributed by atoms with van der Waals surface area (Å²) in [6.07, 6.45) is 6.46. The van der Waals surface area contributed by atoms with Crippen molar-refractivity contribution >= 4 is 57.5 Å². The summed E-state index contributed by atoms with van der Waals surface area (Å²) in [5.74, 6) is 0.365. The van der Waals surface area contributed by atoms with Gasteiger partial charge in [0, 0.05) is 137 Å². The molecule has 3 fully saturated rings. The topological polar surface area (TPSA) is 141 Å². The van der Waals surface area contributed by atoms with Gasteiger partial charge in [0.2, 0.25) is 17.7 Å². The van der Waals surface area contributed by atoms with Crippen LogP contribution >= 0.6 is 0 Å². The minimum atomic E-state index is -2.79. The molecule has 334 valence electrons.